The maximum Gasteiger partial charge on any atom is 0.0726 e. The zero-order chi connectivity index (χ0) is 23.1. The van der Waals surface area contributed by atoms with Crippen molar-refractivity contribution in [3.8, 4) is 22.3 Å². The fourth-order valence-electron chi connectivity index (χ4n) is 6.00. The van der Waals surface area contributed by atoms with Crippen molar-refractivity contribution < 1.29 is 0 Å². The first kappa shape index (κ1) is 20.9. The monoisotopic (exact) mass is 492 g/mol. The summed E-state index contributed by atoms with van der Waals surface area (Å²) in [6.07, 6.45) is 0. The molecule has 1 unspecified atom stereocenters. The lowest BCUT2D eigenvalue weighted by Gasteiger charge is -2.32. The molecule has 0 bridgehead atoms. The van der Waals surface area contributed by atoms with E-state index in [1.165, 1.54) is 55.6 Å². The molecule has 4 aromatic carbocycles. The van der Waals surface area contributed by atoms with Gasteiger partial charge < -0.3 is 0 Å². The van der Waals surface area contributed by atoms with E-state index in [1.807, 2.05) is 0 Å². The van der Waals surface area contributed by atoms with Crippen molar-refractivity contribution in [2.75, 3.05) is 0 Å². The highest BCUT2D eigenvalue weighted by Crippen LogP contribution is 2.63. The molecule has 33 heavy (non-hydrogen) atoms. The Kier molecular flexibility index (Phi) is 4.40. The van der Waals surface area contributed by atoms with Gasteiger partial charge in [-0.05, 0) is 79.1 Å². The minimum atomic E-state index is -0.285. The lowest BCUT2D eigenvalue weighted by Crippen LogP contribution is -2.27. The van der Waals surface area contributed by atoms with Gasteiger partial charge in [-0.2, -0.15) is 0 Å². The number of fused-ring (bicyclic) bond motifs is 10. The molecule has 1 atom stereocenters. The van der Waals surface area contributed by atoms with E-state index in [0.717, 1.165) is 4.47 Å². The molecule has 0 aromatic heterocycles. The van der Waals surface area contributed by atoms with Gasteiger partial charge in [0, 0.05) is 4.47 Å². The van der Waals surface area contributed by atoms with Gasteiger partial charge in [-0.3, -0.25) is 0 Å². The Hall–Kier alpha value is -2.64. The Bertz CT molecular complexity index is 1430. The van der Waals surface area contributed by atoms with E-state index >= 15 is 0 Å². The van der Waals surface area contributed by atoms with Gasteiger partial charge in [0.2, 0.25) is 0 Å². The molecule has 0 saturated carbocycles. The van der Waals surface area contributed by atoms with Crippen LogP contribution in [0.3, 0.4) is 0 Å². The Labute approximate surface area is 205 Å². The largest absolute Gasteiger partial charge is 0.0726 e. The SMILES string of the molecule is CC(C)c1ccc2c(c1)C1(c3ccccc3-c3ccc(Br)cc31)c1cc(C(C)(C)C)ccc1-2. The Morgan fingerprint density at radius 3 is 1.91 bits per heavy atom. The van der Waals surface area contributed by atoms with Crippen LogP contribution in [0.25, 0.3) is 22.3 Å². The second kappa shape index (κ2) is 6.93. The minimum absolute atomic E-state index is 0.0896. The molecule has 2 aliphatic rings. The van der Waals surface area contributed by atoms with Gasteiger partial charge in [0.05, 0.1) is 5.41 Å². The van der Waals surface area contributed by atoms with Gasteiger partial charge in [-0.1, -0.05) is 117 Å². The number of hydrogen-bond donors (Lipinski definition) is 0. The lowest BCUT2D eigenvalue weighted by molar-refractivity contribution is 0.588. The zero-order valence-corrected chi connectivity index (χ0v) is 21.5. The molecule has 0 nitrogen and oxygen atoms in total. The van der Waals surface area contributed by atoms with Crippen LogP contribution in [0.1, 0.15) is 73.9 Å². The third kappa shape index (κ3) is 2.75. The van der Waals surface area contributed by atoms with Crippen molar-refractivity contribution in [1.29, 1.82) is 0 Å². The molecule has 0 aliphatic heterocycles. The Morgan fingerprint density at radius 2 is 1.21 bits per heavy atom. The first-order chi connectivity index (χ1) is 15.7. The molecule has 1 spiro atoms. The van der Waals surface area contributed by atoms with Crippen LogP contribution < -0.4 is 0 Å². The molecule has 6 rings (SSSR count). The highest BCUT2D eigenvalue weighted by Gasteiger charge is 2.52. The summed E-state index contributed by atoms with van der Waals surface area (Å²) < 4.78 is 1.13. The number of benzene rings is 4. The van der Waals surface area contributed by atoms with Gasteiger partial charge in [0.15, 0.2) is 0 Å². The smallest absolute Gasteiger partial charge is 0.0619 e. The van der Waals surface area contributed by atoms with Gasteiger partial charge >= 0.3 is 0 Å². The number of hydrogen-bond acceptors (Lipinski definition) is 0. The minimum Gasteiger partial charge on any atom is -0.0619 e. The fraction of sp³-hybridized carbons (Fsp3) is 0.250. The van der Waals surface area contributed by atoms with Crippen LogP contribution in [-0.2, 0) is 10.8 Å². The fourth-order valence-corrected chi connectivity index (χ4v) is 6.36. The Morgan fingerprint density at radius 1 is 0.636 bits per heavy atom. The van der Waals surface area contributed by atoms with E-state index in [2.05, 4.69) is 129 Å². The molecule has 164 valence electrons. The van der Waals surface area contributed by atoms with E-state index < -0.39 is 0 Å². The molecular weight excluding hydrogens is 464 g/mol. The third-order valence-electron chi connectivity index (χ3n) is 7.70. The van der Waals surface area contributed by atoms with Crippen LogP contribution in [0, 0.1) is 0 Å². The summed E-state index contributed by atoms with van der Waals surface area (Å²) in [5.74, 6) is 0.486. The molecule has 0 N–H and O–H groups in total. The van der Waals surface area contributed by atoms with Crippen LogP contribution in [0.2, 0.25) is 0 Å². The normalized spacial score (nSPS) is 17.8. The summed E-state index contributed by atoms with van der Waals surface area (Å²) in [5.41, 5.74) is 13.7. The zero-order valence-electron chi connectivity index (χ0n) is 20.0. The maximum atomic E-state index is 3.80. The van der Waals surface area contributed by atoms with E-state index in [4.69, 9.17) is 0 Å². The molecule has 4 aromatic rings. The molecule has 0 heterocycles. The van der Waals surface area contributed by atoms with E-state index in [9.17, 15) is 0 Å². The number of rotatable bonds is 1. The molecule has 2 aliphatic carbocycles. The van der Waals surface area contributed by atoms with Crippen LogP contribution in [0.5, 0.6) is 0 Å². The van der Waals surface area contributed by atoms with Gasteiger partial charge in [-0.15, -0.1) is 0 Å². The molecule has 0 fully saturated rings. The standard InChI is InChI=1S/C32H29Br/c1-19(2)20-10-13-24-25-14-11-21(31(3,4)5)17-29(25)32(28(24)16-20)27-9-7-6-8-23(27)26-15-12-22(33)18-30(26)32/h6-19H,1-5H3. The van der Waals surface area contributed by atoms with Gasteiger partial charge in [-0.25, -0.2) is 0 Å². The number of halogens is 1. The van der Waals surface area contributed by atoms with Crippen molar-refractivity contribution in [3.63, 3.8) is 0 Å². The quantitative estimate of drug-likeness (QED) is 0.214. The van der Waals surface area contributed by atoms with Crippen LogP contribution in [0.15, 0.2) is 83.3 Å². The third-order valence-corrected chi connectivity index (χ3v) is 8.19. The first-order valence-corrected chi connectivity index (χ1v) is 12.7. The van der Waals surface area contributed by atoms with Gasteiger partial charge in [0.1, 0.15) is 0 Å². The van der Waals surface area contributed by atoms with Crippen LogP contribution >= 0.6 is 15.9 Å². The first-order valence-electron chi connectivity index (χ1n) is 11.9. The maximum absolute atomic E-state index is 3.80. The predicted molar refractivity (Wildman–Crippen MR) is 143 cm³/mol. The average molecular weight is 493 g/mol. The summed E-state index contributed by atoms with van der Waals surface area (Å²) >= 11 is 3.80. The Balaban J connectivity index is 1.82. The summed E-state index contributed by atoms with van der Waals surface area (Å²) in [5, 5.41) is 0. The topological polar surface area (TPSA) is 0 Å². The van der Waals surface area contributed by atoms with E-state index in [1.54, 1.807) is 0 Å². The van der Waals surface area contributed by atoms with Gasteiger partial charge in [0.25, 0.3) is 0 Å². The lowest BCUT2D eigenvalue weighted by atomic mass is 9.69. The highest BCUT2D eigenvalue weighted by molar-refractivity contribution is 9.10. The second-order valence-electron chi connectivity index (χ2n) is 11.0. The van der Waals surface area contributed by atoms with Crippen molar-refractivity contribution in [2.24, 2.45) is 0 Å². The summed E-state index contributed by atoms with van der Waals surface area (Å²) in [7, 11) is 0. The van der Waals surface area contributed by atoms with Crippen LogP contribution in [0.4, 0.5) is 0 Å². The highest BCUT2D eigenvalue weighted by atomic mass is 79.9. The molecule has 1 heteroatoms. The molecule has 0 amide bonds. The average Bonchev–Trinajstić information content (AvgIpc) is 3.24. The summed E-state index contributed by atoms with van der Waals surface area (Å²) in [6.45, 7) is 11.5. The predicted octanol–water partition coefficient (Wildman–Crippen LogP) is 9.21. The molecule has 0 radical (unpaired) electrons. The molecule has 0 saturated heterocycles. The van der Waals surface area contributed by atoms with Crippen molar-refractivity contribution in [1.82, 2.24) is 0 Å². The molecular formula is C32H29Br. The summed E-state index contributed by atoms with van der Waals surface area (Å²) in [4.78, 5) is 0. The van der Waals surface area contributed by atoms with Crippen molar-refractivity contribution in [3.05, 3.63) is 117 Å². The second-order valence-corrected chi connectivity index (χ2v) is 11.9. The summed E-state index contributed by atoms with van der Waals surface area (Å²) in [6, 6.07) is 30.3. The van der Waals surface area contributed by atoms with Crippen LogP contribution in [-0.4, -0.2) is 0 Å². The van der Waals surface area contributed by atoms with Crippen molar-refractivity contribution >= 4 is 15.9 Å². The van der Waals surface area contributed by atoms with E-state index in [0.29, 0.717) is 5.92 Å². The van der Waals surface area contributed by atoms with Crippen molar-refractivity contribution in [2.45, 2.75) is 51.4 Å². The van der Waals surface area contributed by atoms with E-state index in [-0.39, 0.29) is 10.8 Å².